The topological polar surface area (TPSA) is 118 Å². The van der Waals surface area contributed by atoms with E-state index in [2.05, 4.69) is 15.8 Å². The third-order valence-electron chi connectivity index (χ3n) is 6.27. The van der Waals surface area contributed by atoms with Crippen LogP contribution in [0.1, 0.15) is 67.4 Å². The fourth-order valence-corrected chi connectivity index (χ4v) is 4.47. The number of aromatic nitrogens is 1. The summed E-state index contributed by atoms with van der Waals surface area (Å²) < 4.78 is 10.8. The molecular weight excluding hydrogens is 460 g/mol. The summed E-state index contributed by atoms with van der Waals surface area (Å²) in [6, 6.07) is 13.7. The fourth-order valence-electron chi connectivity index (χ4n) is 4.47. The molecule has 0 radical (unpaired) electrons. The first kappa shape index (κ1) is 25.2. The molecule has 3 amide bonds. The highest BCUT2D eigenvalue weighted by Crippen LogP contribution is 2.28. The van der Waals surface area contributed by atoms with Gasteiger partial charge in [0.2, 0.25) is 11.8 Å². The zero-order valence-corrected chi connectivity index (χ0v) is 20.7. The van der Waals surface area contributed by atoms with Crippen molar-refractivity contribution in [1.82, 2.24) is 15.4 Å². The van der Waals surface area contributed by atoms with Gasteiger partial charge in [0.05, 0.1) is 0 Å². The van der Waals surface area contributed by atoms with Crippen molar-refractivity contribution in [2.45, 2.75) is 71.0 Å². The molecule has 3 aromatic rings. The predicted octanol–water partition coefficient (Wildman–Crippen LogP) is 4.43. The summed E-state index contributed by atoms with van der Waals surface area (Å²) in [5.41, 5.74) is 0.871. The van der Waals surface area contributed by atoms with Gasteiger partial charge in [-0.1, -0.05) is 48.3 Å². The van der Waals surface area contributed by atoms with Crippen LogP contribution in [0.3, 0.4) is 0 Å². The summed E-state index contributed by atoms with van der Waals surface area (Å²) in [6.07, 6.45) is 3.84. The number of benzene rings is 1. The van der Waals surface area contributed by atoms with E-state index in [0.29, 0.717) is 23.1 Å². The zero-order chi connectivity index (χ0) is 25.5. The quantitative estimate of drug-likeness (QED) is 0.432. The van der Waals surface area contributed by atoms with E-state index in [1.807, 2.05) is 30.3 Å². The van der Waals surface area contributed by atoms with E-state index in [1.54, 1.807) is 32.0 Å². The normalized spacial score (nSPS) is 14.4. The van der Waals surface area contributed by atoms with Gasteiger partial charge in [-0.05, 0) is 44.4 Å². The van der Waals surface area contributed by atoms with Crippen molar-refractivity contribution in [3.05, 3.63) is 71.4 Å². The van der Waals surface area contributed by atoms with Gasteiger partial charge in [-0.15, -0.1) is 0 Å². The molecular formula is C27H32N4O5. The number of nitrogens with zero attached hydrogens (tertiary/aromatic N) is 2. The van der Waals surface area contributed by atoms with Crippen molar-refractivity contribution < 1.29 is 23.3 Å². The molecule has 0 bridgehead atoms. The second-order valence-corrected chi connectivity index (χ2v) is 9.22. The van der Waals surface area contributed by atoms with Crippen molar-refractivity contribution in [3.63, 3.8) is 0 Å². The minimum absolute atomic E-state index is 0.0653. The number of rotatable bonds is 10. The maximum Gasteiger partial charge on any atom is 0.250 e. The standard InChI is InChI=1S/C27H32N4O5/c1-18-12-13-22(35-18)26(27(34)28-21-10-6-7-11-21)31(17-20-8-4-3-5-9-20)25(33)15-14-24(32)29-23-16-19(2)36-30-23/h3-5,8-9,12-13,16,21,26H,6-7,10-11,14-15,17H2,1-2H3,(H,28,34)(H,29,30,32)/t26-/m0/s1. The third-order valence-corrected chi connectivity index (χ3v) is 6.27. The first-order valence-electron chi connectivity index (χ1n) is 12.3. The predicted molar refractivity (Wildman–Crippen MR) is 133 cm³/mol. The van der Waals surface area contributed by atoms with Gasteiger partial charge in [0.25, 0.3) is 5.91 Å². The number of furan rings is 1. The van der Waals surface area contributed by atoms with Crippen LogP contribution in [-0.4, -0.2) is 33.8 Å². The van der Waals surface area contributed by atoms with E-state index < -0.39 is 6.04 Å². The Balaban J connectivity index is 1.55. The Kier molecular flexibility index (Phi) is 8.20. The van der Waals surface area contributed by atoms with E-state index >= 15 is 0 Å². The molecule has 1 aliphatic carbocycles. The van der Waals surface area contributed by atoms with E-state index in [1.165, 1.54) is 4.90 Å². The highest BCUT2D eigenvalue weighted by Gasteiger charge is 2.35. The molecule has 190 valence electrons. The van der Waals surface area contributed by atoms with Crippen LogP contribution in [0.15, 0.2) is 57.5 Å². The largest absolute Gasteiger partial charge is 0.464 e. The maximum atomic E-state index is 13.6. The Hall–Kier alpha value is -3.88. The van der Waals surface area contributed by atoms with E-state index in [-0.39, 0.29) is 43.1 Å². The highest BCUT2D eigenvalue weighted by molar-refractivity contribution is 5.94. The molecule has 36 heavy (non-hydrogen) atoms. The number of carbonyl (C=O) groups excluding carboxylic acids is 3. The summed E-state index contributed by atoms with van der Waals surface area (Å²) in [7, 11) is 0. The molecule has 9 nitrogen and oxygen atoms in total. The molecule has 2 N–H and O–H groups in total. The number of carbonyl (C=O) groups is 3. The molecule has 1 aliphatic rings. The molecule has 1 aromatic carbocycles. The van der Waals surface area contributed by atoms with Crippen molar-refractivity contribution in [3.8, 4) is 0 Å². The summed E-state index contributed by atoms with van der Waals surface area (Å²) in [6.45, 7) is 3.72. The molecule has 0 spiro atoms. The average Bonchev–Trinajstić information content (AvgIpc) is 3.61. The van der Waals surface area contributed by atoms with Gasteiger partial charge in [-0.25, -0.2) is 0 Å². The van der Waals surface area contributed by atoms with Crippen molar-refractivity contribution >= 4 is 23.5 Å². The molecule has 9 heteroatoms. The number of amides is 3. The Morgan fingerprint density at radius 3 is 2.42 bits per heavy atom. The molecule has 1 saturated carbocycles. The van der Waals surface area contributed by atoms with Gasteiger partial charge >= 0.3 is 0 Å². The third kappa shape index (κ3) is 6.62. The highest BCUT2D eigenvalue weighted by atomic mass is 16.5. The Morgan fingerprint density at radius 2 is 1.78 bits per heavy atom. The number of nitrogens with one attached hydrogen (secondary N) is 2. The molecule has 1 fully saturated rings. The maximum absolute atomic E-state index is 13.6. The Labute approximate surface area is 210 Å². The lowest BCUT2D eigenvalue weighted by atomic mass is 10.1. The number of aryl methyl sites for hydroxylation is 2. The summed E-state index contributed by atoms with van der Waals surface area (Å²) in [5, 5.41) is 9.49. The van der Waals surface area contributed by atoms with E-state index in [0.717, 1.165) is 31.2 Å². The first-order valence-corrected chi connectivity index (χ1v) is 12.3. The lowest BCUT2D eigenvalue weighted by Gasteiger charge is -2.31. The molecule has 0 saturated heterocycles. The lowest BCUT2D eigenvalue weighted by molar-refractivity contribution is -0.143. The van der Waals surface area contributed by atoms with Crippen LogP contribution in [-0.2, 0) is 20.9 Å². The second kappa shape index (κ2) is 11.7. The fraction of sp³-hybridized carbons (Fsp3) is 0.407. The zero-order valence-electron chi connectivity index (χ0n) is 20.7. The molecule has 2 aromatic heterocycles. The van der Waals surface area contributed by atoms with Crippen LogP contribution < -0.4 is 10.6 Å². The van der Waals surface area contributed by atoms with Gasteiger partial charge in [-0.2, -0.15) is 0 Å². The van der Waals surface area contributed by atoms with Crippen LogP contribution in [0.4, 0.5) is 5.82 Å². The van der Waals surface area contributed by atoms with E-state index in [9.17, 15) is 14.4 Å². The summed E-state index contributed by atoms with van der Waals surface area (Å²) in [4.78, 5) is 41.1. The molecule has 0 aliphatic heterocycles. The lowest BCUT2D eigenvalue weighted by Crippen LogP contribution is -2.45. The second-order valence-electron chi connectivity index (χ2n) is 9.22. The Bertz CT molecular complexity index is 1180. The van der Waals surface area contributed by atoms with Crippen molar-refractivity contribution in [1.29, 1.82) is 0 Å². The minimum Gasteiger partial charge on any atom is -0.464 e. The summed E-state index contributed by atoms with van der Waals surface area (Å²) in [5.74, 6) is 0.949. The number of hydrogen-bond donors (Lipinski definition) is 2. The molecule has 1 atom stereocenters. The smallest absolute Gasteiger partial charge is 0.250 e. The van der Waals surface area contributed by atoms with E-state index in [4.69, 9.17) is 8.94 Å². The number of hydrogen-bond acceptors (Lipinski definition) is 6. The van der Waals surface area contributed by atoms with Gasteiger partial charge < -0.3 is 24.5 Å². The van der Waals surface area contributed by atoms with Crippen molar-refractivity contribution in [2.75, 3.05) is 5.32 Å². The molecule has 2 heterocycles. The van der Waals surface area contributed by atoms with Crippen LogP contribution in [0, 0.1) is 13.8 Å². The van der Waals surface area contributed by atoms with Gasteiger partial charge in [0.15, 0.2) is 11.9 Å². The first-order chi connectivity index (χ1) is 17.4. The minimum atomic E-state index is -0.951. The SMILES string of the molecule is Cc1cc(NC(=O)CCC(=O)N(Cc2ccccc2)[C@H](C(=O)NC2CCCC2)c2ccc(C)o2)no1. The van der Waals surface area contributed by atoms with Crippen molar-refractivity contribution in [2.24, 2.45) is 0 Å². The van der Waals surface area contributed by atoms with Crippen LogP contribution in [0.5, 0.6) is 0 Å². The van der Waals surface area contributed by atoms with Crippen LogP contribution in [0.25, 0.3) is 0 Å². The van der Waals surface area contributed by atoms with Gasteiger partial charge in [0.1, 0.15) is 17.3 Å². The van der Waals surface area contributed by atoms with Crippen LogP contribution in [0.2, 0.25) is 0 Å². The molecule has 0 unspecified atom stereocenters. The van der Waals surface area contributed by atoms with Gasteiger partial charge in [-0.3, -0.25) is 14.4 Å². The number of anilines is 1. The Morgan fingerprint density at radius 1 is 1.03 bits per heavy atom. The molecule has 4 rings (SSSR count). The monoisotopic (exact) mass is 492 g/mol. The van der Waals surface area contributed by atoms with Gasteiger partial charge in [0, 0.05) is 31.5 Å². The summed E-state index contributed by atoms with van der Waals surface area (Å²) >= 11 is 0. The van der Waals surface area contributed by atoms with Crippen LogP contribution >= 0.6 is 0 Å². The average molecular weight is 493 g/mol.